The second-order valence-corrected chi connectivity index (χ2v) is 9.03. The first-order valence-corrected chi connectivity index (χ1v) is 10.7. The third-order valence-corrected chi connectivity index (χ3v) is 6.12. The topological polar surface area (TPSA) is 96.2 Å². The van der Waals surface area contributed by atoms with Crippen molar-refractivity contribution in [3.05, 3.63) is 29.0 Å². The van der Waals surface area contributed by atoms with Crippen LogP contribution >= 0.6 is 0 Å². The Bertz CT molecular complexity index is 1110. The molecule has 9 nitrogen and oxygen atoms in total. The van der Waals surface area contributed by atoms with E-state index in [1.165, 1.54) is 4.90 Å². The van der Waals surface area contributed by atoms with Crippen molar-refractivity contribution >= 4 is 23.3 Å². The molecular weight excluding hydrogens is 439 g/mol. The summed E-state index contributed by atoms with van der Waals surface area (Å²) >= 11 is 0. The second-order valence-electron chi connectivity index (χ2n) is 9.03. The molecule has 0 saturated carbocycles. The van der Waals surface area contributed by atoms with E-state index in [9.17, 15) is 22.8 Å². The van der Waals surface area contributed by atoms with Gasteiger partial charge in [0, 0.05) is 45.6 Å². The van der Waals surface area contributed by atoms with Crippen LogP contribution < -0.4 is 10.2 Å². The van der Waals surface area contributed by atoms with E-state index in [-0.39, 0.29) is 29.5 Å². The molecule has 1 saturated heterocycles. The molecule has 2 aromatic heterocycles. The molecule has 0 aliphatic carbocycles. The van der Waals surface area contributed by atoms with Crippen LogP contribution in [0.4, 0.5) is 24.7 Å². The highest BCUT2D eigenvalue weighted by Gasteiger charge is 2.39. The number of nitrogens with one attached hydrogen (secondary N) is 1. The van der Waals surface area contributed by atoms with Crippen LogP contribution in [0, 0.1) is 18.8 Å². The summed E-state index contributed by atoms with van der Waals surface area (Å²) in [5.74, 6) is 0.833. The smallest absolute Gasteiger partial charge is 0.346 e. The Morgan fingerprint density at radius 1 is 1.24 bits per heavy atom. The van der Waals surface area contributed by atoms with E-state index < -0.39 is 17.8 Å². The molecule has 33 heavy (non-hydrogen) atoms. The van der Waals surface area contributed by atoms with Gasteiger partial charge in [-0.05, 0) is 12.8 Å². The molecule has 2 amide bonds. The quantitative estimate of drug-likeness (QED) is 0.744. The van der Waals surface area contributed by atoms with Crippen LogP contribution in [0.2, 0.25) is 0 Å². The van der Waals surface area contributed by atoms with Gasteiger partial charge in [0.2, 0.25) is 5.91 Å². The highest BCUT2D eigenvalue weighted by molar-refractivity contribution is 6.03. The highest BCUT2D eigenvalue weighted by Crippen LogP contribution is 2.34. The summed E-state index contributed by atoms with van der Waals surface area (Å²) in [5, 5.41) is 6.63. The van der Waals surface area contributed by atoms with Crippen molar-refractivity contribution < 1.29 is 22.8 Å². The van der Waals surface area contributed by atoms with Crippen molar-refractivity contribution in [2.75, 3.05) is 30.4 Å². The first-order valence-electron chi connectivity index (χ1n) is 10.7. The van der Waals surface area contributed by atoms with Gasteiger partial charge in [-0.15, -0.1) is 0 Å². The van der Waals surface area contributed by atoms with Crippen LogP contribution in [0.3, 0.4) is 0 Å². The summed E-state index contributed by atoms with van der Waals surface area (Å²) in [7, 11) is 3.00. The Kier molecular flexibility index (Phi) is 5.57. The van der Waals surface area contributed by atoms with Gasteiger partial charge >= 0.3 is 6.18 Å². The number of likely N-dealkylation sites (N-methyl/N-ethyl adjacent to an activating group) is 1. The lowest BCUT2D eigenvalue weighted by molar-refractivity contribution is -0.143. The number of nitrogens with zero attached hydrogens (tertiary/aromatic N) is 6. The predicted molar refractivity (Wildman–Crippen MR) is 114 cm³/mol. The number of aromatic nitrogens is 4. The number of amides is 2. The molecule has 1 atom stereocenters. The Labute approximate surface area is 189 Å². The molecule has 4 rings (SSSR count). The number of anilines is 2. The number of halogens is 3. The van der Waals surface area contributed by atoms with E-state index in [1.54, 1.807) is 0 Å². The zero-order valence-electron chi connectivity index (χ0n) is 19.1. The van der Waals surface area contributed by atoms with Crippen molar-refractivity contribution in [3.8, 4) is 0 Å². The fourth-order valence-corrected chi connectivity index (χ4v) is 4.48. The van der Waals surface area contributed by atoms with Crippen LogP contribution in [0.1, 0.15) is 41.5 Å². The van der Waals surface area contributed by atoms with Crippen LogP contribution in [0.15, 0.2) is 6.07 Å². The van der Waals surface area contributed by atoms with Crippen LogP contribution in [-0.2, 0) is 24.4 Å². The number of hydrogen-bond acceptors (Lipinski definition) is 6. The zero-order chi connectivity index (χ0) is 24.2. The van der Waals surface area contributed by atoms with Crippen molar-refractivity contribution in [2.24, 2.45) is 18.9 Å². The minimum absolute atomic E-state index is 0.0848. The predicted octanol–water partition coefficient (Wildman–Crippen LogP) is 2.26. The van der Waals surface area contributed by atoms with Crippen LogP contribution in [-0.4, -0.2) is 62.6 Å². The van der Waals surface area contributed by atoms with Crippen molar-refractivity contribution in [1.82, 2.24) is 24.6 Å². The zero-order valence-corrected chi connectivity index (χ0v) is 19.1. The summed E-state index contributed by atoms with van der Waals surface area (Å²) in [6.07, 6.45) is -4.05. The van der Waals surface area contributed by atoms with Gasteiger partial charge in [-0.25, -0.2) is 9.97 Å². The normalized spacial score (nSPS) is 18.9. The molecule has 2 aliphatic heterocycles. The number of likely N-dealkylation sites (tertiary alicyclic amines) is 1. The molecule has 2 aliphatic rings. The third kappa shape index (κ3) is 4.13. The largest absolute Gasteiger partial charge is 0.433 e. The summed E-state index contributed by atoms with van der Waals surface area (Å²) in [5.41, 5.74) is 0.0834. The first-order chi connectivity index (χ1) is 15.4. The van der Waals surface area contributed by atoms with Crippen LogP contribution in [0.5, 0.6) is 0 Å². The highest BCUT2D eigenvalue weighted by atomic mass is 19.4. The summed E-state index contributed by atoms with van der Waals surface area (Å²) in [4.78, 5) is 37.5. The van der Waals surface area contributed by atoms with Gasteiger partial charge in [0.25, 0.3) is 5.91 Å². The number of rotatable bonds is 4. The maximum atomic E-state index is 13.0. The van der Waals surface area contributed by atoms with Crippen molar-refractivity contribution in [1.29, 1.82) is 0 Å². The SMILES string of the molecule is Cc1nc(CC2CN(C(=O)c3cc(C(F)(F)F)n(C)n3)C2)nc2c1NC(=O)[C@H](C(C)C)N2C. The molecule has 4 heterocycles. The molecule has 0 aromatic carbocycles. The fourth-order valence-electron chi connectivity index (χ4n) is 4.48. The second kappa shape index (κ2) is 7.99. The Morgan fingerprint density at radius 3 is 2.48 bits per heavy atom. The maximum Gasteiger partial charge on any atom is 0.433 e. The Hall–Kier alpha value is -3.18. The lowest BCUT2D eigenvalue weighted by atomic mass is 9.95. The van der Waals surface area contributed by atoms with E-state index in [4.69, 9.17) is 0 Å². The molecule has 0 spiro atoms. The molecule has 178 valence electrons. The number of carbonyl (C=O) groups is 2. The lowest BCUT2D eigenvalue weighted by Crippen LogP contribution is -2.51. The summed E-state index contributed by atoms with van der Waals surface area (Å²) in [6, 6.07) is 0.442. The molecule has 12 heteroatoms. The molecule has 2 aromatic rings. The van der Waals surface area contributed by atoms with Crippen LogP contribution in [0.25, 0.3) is 0 Å². The maximum absolute atomic E-state index is 13.0. The summed E-state index contributed by atoms with van der Waals surface area (Å²) < 4.78 is 39.6. The van der Waals surface area contributed by atoms with Gasteiger partial charge in [-0.3, -0.25) is 14.3 Å². The van der Waals surface area contributed by atoms with Gasteiger partial charge in [0.1, 0.15) is 23.2 Å². The van der Waals surface area contributed by atoms with Gasteiger partial charge in [-0.1, -0.05) is 13.8 Å². The number of aryl methyl sites for hydroxylation is 2. The van der Waals surface area contributed by atoms with E-state index in [0.717, 1.165) is 13.1 Å². The fraction of sp³-hybridized carbons (Fsp3) is 0.571. The van der Waals surface area contributed by atoms with Gasteiger partial charge in [-0.2, -0.15) is 18.3 Å². The standard InChI is InChI=1S/C21H26F3N7O2/c1-10(2)17-19(32)27-16-11(3)25-15(26-18(16)29(17)4)6-12-8-31(9-12)20(33)13-7-14(21(22,23)24)30(5)28-13/h7,10,12,17H,6,8-9H2,1-5H3,(H,27,32)/t17-/m0/s1. The molecule has 0 unspecified atom stereocenters. The van der Waals surface area contributed by atoms with Gasteiger partial charge in [0.15, 0.2) is 11.5 Å². The number of fused-ring (bicyclic) bond motifs is 1. The minimum atomic E-state index is -4.57. The average Bonchev–Trinajstić information content (AvgIpc) is 3.07. The number of alkyl halides is 3. The van der Waals surface area contributed by atoms with Gasteiger partial charge in [0.05, 0.1) is 5.69 Å². The molecule has 1 N–H and O–H groups in total. The molecular formula is C21H26F3N7O2. The monoisotopic (exact) mass is 465 g/mol. The van der Waals surface area contributed by atoms with Crippen molar-refractivity contribution in [2.45, 2.75) is 39.4 Å². The molecule has 0 bridgehead atoms. The van der Waals surface area contributed by atoms with E-state index in [2.05, 4.69) is 20.4 Å². The molecule has 0 radical (unpaired) electrons. The third-order valence-electron chi connectivity index (χ3n) is 6.12. The van der Waals surface area contributed by atoms with E-state index >= 15 is 0 Å². The minimum Gasteiger partial charge on any atom is -0.346 e. The molecule has 1 fully saturated rings. The van der Waals surface area contributed by atoms with Gasteiger partial charge < -0.3 is 15.1 Å². The van der Waals surface area contributed by atoms with Crippen molar-refractivity contribution in [3.63, 3.8) is 0 Å². The lowest BCUT2D eigenvalue weighted by Gasteiger charge is -2.39. The number of carbonyl (C=O) groups excluding carboxylic acids is 2. The Morgan fingerprint density at radius 2 is 1.91 bits per heavy atom. The van der Waals surface area contributed by atoms with E-state index in [1.807, 2.05) is 32.7 Å². The average molecular weight is 465 g/mol. The summed E-state index contributed by atoms with van der Waals surface area (Å²) in [6.45, 7) is 6.53. The number of hydrogen-bond donors (Lipinski definition) is 1. The van der Waals surface area contributed by atoms with E-state index in [0.29, 0.717) is 47.2 Å². The first kappa shape index (κ1) is 23.0. The Balaban J connectivity index is 1.44.